The molecule has 4 aromatic carbocycles. The Balaban J connectivity index is 1.32. The molecule has 0 radical (unpaired) electrons. The number of benzene rings is 4. The van der Waals surface area contributed by atoms with Crippen molar-refractivity contribution in [1.29, 1.82) is 0 Å². The fraction of sp³-hybridized carbons (Fsp3) is 0.143. The van der Waals surface area contributed by atoms with E-state index in [4.69, 9.17) is 9.47 Å². The summed E-state index contributed by atoms with van der Waals surface area (Å²) in [6, 6.07) is 26.9. The van der Waals surface area contributed by atoms with Crippen LogP contribution in [0.3, 0.4) is 0 Å². The maximum Gasteiger partial charge on any atom is 0.272 e. The van der Waals surface area contributed by atoms with Crippen LogP contribution in [-0.2, 0) is 9.59 Å². The topological polar surface area (TPSA) is 119 Å². The number of rotatable bonds is 11. The zero-order chi connectivity index (χ0) is 32.6. The lowest BCUT2D eigenvalue weighted by atomic mass is 10.1. The Bertz CT molecular complexity index is 1920. The predicted octanol–water partition coefficient (Wildman–Crippen LogP) is 7.15. The van der Waals surface area contributed by atoms with Gasteiger partial charge in [-0.05, 0) is 86.2 Å². The van der Waals surface area contributed by atoms with E-state index in [1.165, 1.54) is 43.4 Å². The molecule has 0 saturated heterocycles. The van der Waals surface area contributed by atoms with Crippen molar-refractivity contribution in [3.05, 3.63) is 113 Å². The molecule has 0 saturated carbocycles. The van der Waals surface area contributed by atoms with Gasteiger partial charge in [-0.2, -0.15) is 0 Å². The zero-order valence-electron chi connectivity index (χ0n) is 25.6. The van der Waals surface area contributed by atoms with Crippen molar-refractivity contribution in [2.24, 2.45) is 0 Å². The van der Waals surface area contributed by atoms with Crippen LogP contribution in [-0.4, -0.2) is 42.2 Å². The SMILES string of the molecule is COc1ccc(OC)c(/C=C(/NC(=O)c2ccccc2)C(=O)Nc2cccc(SC(C)C(=O)Nc3nc4ccc(C)cc4s3)c2)c1. The van der Waals surface area contributed by atoms with Gasteiger partial charge in [0.25, 0.3) is 11.8 Å². The van der Waals surface area contributed by atoms with Crippen LogP contribution in [0.4, 0.5) is 10.8 Å². The molecule has 234 valence electrons. The van der Waals surface area contributed by atoms with Crippen molar-refractivity contribution in [3.63, 3.8) is 0 Å². The normalized spacial score (nSPS) is 11.9. The van der Waals surface area contributed by atoms with Crippen molar-refractivity contribution < 1.29 is 23.9 Å². The van der Waals surface area contributed by atoms with Gasteiger partial charge in [-0.25, -0.2) is 4.98 Å². The van der Waals surface area contributed by atoms with Gasteiger partial charge in [0.1, 0.15) is 17.2 Å². The van der Waals surface area contributed by atoms with Crippen molar-refractivity contribution in [2.45, 2.75) is 24.0 Å². The molecule has 0 aliphatic heterocycles. The molecule has 5 rings (SSSR count). The Hall–Kier alpha value is -5.13. The molecule has 11 heteroatoms. The molecule has 9 nitrogen and oxygen atoms in total. The number of ether oxygens (including phenoxy) is 2. The third kappa shape index (κ3) is 8.12. The highest BCUT2D eigenvalue weighted by atomic mass is 32.2. The van der Waals surface area contributed by atoms with Crippen LogP contribution < -0.4 is 25.4 Å². The Labute approximate surface area is 275 Å². The van der Waals surface area contributed by atoms with E-state index in [-0.39, 0.29) is 11.6 Å². The van der Waals surface area contributed by atoms with Gasteiger partial charge >= 0.3 is 0 Å². The third-order valence-electron chi connectivity index (χ3n) is 6.81. The smallest absolute Gasteiger partial charge is 0.272 e. The highest BCUT2D eigenvalue weighted by Gasteiger charge is 2.19. The molecule has 1 atom stereocenters. The molecule has 0 fully saturated rings. The summed E-state index contributed by atoms with van der Waals surface area (Å²) in [4.78, 5) is 45.0. The second-order valence-electron chi connectivity index (χ2n) is 10.2. The van der Waals surface area contributed by atoms with E-state index in [9.17, 15) is 14.4 Å². The molecule has 0 spiro atoms. The fourth-order valence-corrected chi connectivity index (χ4v) is 6.34. The second-order valence-corrected chi connectivity index (χ2v) is 12.7. The van der Waals surface area contributed by atoms with Crippen LogP contribution in [0, 0.1) is 6.92 Å². The van der Waals surface area contributed by atoms with Crippen molar-refractivity contribution >= 4 is 67.9 Å². The van der Waals surface area contributed by atoms with Crippen LogP contribution in [0.15, 0.2) is 102 Å². The van der Waals surface area contributed by atoms with Gasteiger partial charge in [-0.1, -0.05) is 41.7 Å². The highest BCUT2D eigenvalue weighted by molar-refractivity contribution is 8.00. The van der Waals surface area contributed by atoms with Crippen LogP contribution >= 0.6 is 23.1 Å². The standard InChI is InChI=1S/C35H32N4O5S2/c1-21-13-15-28-31(17-21)46-35(38-28)39-32(40)22(2)45-27-12-8-11-25(20-27)36-34(42)29(37-33(41)23-9-6-5-7-10-23)19-24-18-26(43-3)14-16-30(24)44-4/h5-20,22H,1-4H3,(H,36,42)(H,37,41)(H,38,39,40)/b29-19+. The molecule has 1 heterocycles. The van der Waals surface area contributed by atoms with Crippen LogP contribution in [0.1, 0.15) is 28.4 Å². The number of fused-ring (bicyclic) bond motifs is 1. The molecule has 0 bridgehead atoms. The van der Waals surface area contributed by atoms with Crippen molar-refractivity contribution in [1.82, 2.24) is 10.3 Å². The van der Waals surface area contributed by atoms with E-state index in [0.29, 0.717) is 33.4 Å². The summed E-state index contributed by atoms with van der Waals surface area (Å²) < 4.78 is 11.8. The Kier molecular flexibility index (Phi) is 10.4. The summed E-state index contributed by atoms with van der Waals surface area (Å²) in [5.74, 6) is -0.130. The summed E-state index contributed by atoms with van der Waals surface area (Å²) >= 11 is 2.78. The summed E-state index contributed by atoms with van der Waals surface area (Å²) in [6.07, 6.45) is 1.53. The maximum atomic E-state index is 13.6. The number of hydrogen-bond donors (Lipinski definition) is 3. The van der Waals surface area contributed by atoms with E-state index in [0.717, 1.165) is 20.7 Å². The van der Waals surface area contributed by atoms with Crippen LogP contribution in [0.2, 0.25) is 0 Å². The molecule has 1 unspecified atom stereocenters. The Morgan fingerprint density at radius 1 is 0.891 bits per heavy atom. The quantitative estimate of drug-likeness (QED) is 0.102. The molecule has 0 aliphatic carbocycles. The van der Waals surface area contributed by atoms with Gasteiger partial charge < -0.3 is 25.4 Å². The number of methoxy groups -OCH3 is 2. The van der Waals surface area contributed by atoms with Crippen LogP contribution in [0.25, 0.3) is 16.3 Å². The summed E-state index contributed by atoms with van der Waals surface area (Å²) in [6.45, 7) is 3.83. The van der Waals surface area contributed by atoms with E-state index in [1.807, 2.05) is 38.1 Å². The van der Waals surface area contributed by atoms with E-state index in [1.54, 1.807) is 66.7 Å². The fourth-order valence-electron chi connectivity index (χ4n) is 4.45. The Morgan fingerprint density at radius 3 is 2.46 bits per heavy atom. The molecule has 3 amide bonds. The number of hydrogen-bond acceptors (Lipinski definition) is 8. The van der Waals surface area contributed by atoms with Gasteiger partial charge in [0.05, 0.1) is 29.7 Å². The number of amides is 3. The number of thioether (sulfide) groups is 1. The largest absolute Gasteiger partial charge is 0.497 e. The number of nitrogens with one attached hydrogen (secondary N) is 3. The zero-order valence-corrected chi connectivity index (χ0v) is 27.3. The van der Waals surface area contributed by atoms with E-state index >= 15 is 0 Å². The van der Waals surface area contributed by atoms with E-state index in [2.05, 4.69) is 20.9 Å². The Morgan fingerprint density at radius 2 is 1.70 bits per heavy atom. The van der Waals surface area contributed by atoms with Gasteiger partial charge in [-0.3, -0.25) is 14.4 Å². The molecule has 46 heavy (non-hydrogen) atoms. The first-order chi connectivity index (χ1) is 22.2. The van der Waals surface area contributed by atoms with Crippen molar-refractivity contribution in [3.8, 4) is 11.5 Å². The van der Waals surface area contributed by atoms with Gasteiger partial charge in [0.2, 0.25) is 5.91 Å². The minimum Gasteiger partial charge on any atom is -0.497 e. The number of nitrogens with zero attached hydrogens (tertiary/aromatic N) is 1. The average Bonchev–Trinajstić information content (AvgIpc) is 3.46. The number of carbonyl (C=O) groups excluding carboxylic acids is 3. The first-order valence-corrected chi connectivity index (χ1v) is 16.0. The summed E-state index contributed by atoms with van der Waals surface area (Å²) in [7, 11) is 3.06. The third-order valence-corrected chi connectivity index (χ3v) is 8.84. The number of thiazole rings is 1. The summed E-state index contributed by atoms with van der Waals surface area (Å²) in [5.41, 5.74) is 3.39. The second kappa shape index (κ2) is 14.8. The first kappa shape index (κ1) is 32.3. The number of anilines is 2. The lowest BCUT2D eigenvalue weighted by Crippen LogP contribution is -2.30. The molecular weight excluding hydrogens is 621 g/mol. The first-order valence-electron chi connectivity index (χ1n) is 14.3. The van der Waals surface area contributed by atoms with Crippen molar-refractivity contribution in [2.75, 3.05) is 24.9 Å². The number of aromatic nitrogens is 1. The maximum absolute atomic E-state index is 13.6. The van der Waals surface area contributed by atoms with Gasteiger partial charge in [-0.15, -0.1) is 11.8 Å². The number of carbonyl (C=O) groups is 3. The van der Waals surface area contributed by atoms with Gasteiger partial charge in [0.15, 0.2) is 5.13 Å². The monoisotopic (exact) mass is 652 g/mol. The highest BCUT2D eigenvalue weighted by Crippen LogP contribution is 2.30. The molecular formula is C35H32N4O5S2. The predicted molar refractivity (Wildman–Crippen MR) is 185 cm³/mol. The van der Waals surface area contributed by atoms with E-state index < -0.39 is 17.1 Å². The molecule has 0 aliphatic rings. The molecule has 1 aromatic heterocycles. The minimum absolute atomic E-state index is 0.00256. The van der Waals surface area contributed by atoms with Gasteiger partial charge in [0, 0.05) is 21.7 Å². The minimum atomic E-state index is -0.548. The average molecular weight is 653 g/mol. The lowest BCUT2D eigenvalue weighted by molar-refractivity contribution is -0.115. The number of aryl methyl sites for hydroxylation is 1. The lowest BCUT2D eigenvalue weighted by Gasteiger charge is -2.14. The molecule has 5 aromatic rings. The summed E-state index contributed by atoms with van der Waals surface area (Å²) in [5, 5.41) is 8.63. The van der Waals surface area contributed by atoms with Crippen LogP contribution in [0.5, 0.6) is 11.5 Å². The molecule has 3 N–H and O–H groups in total.